The summed E-state index contributed by atoms with van der Waals surface area (Å²) in [7, 11) is -1.19. The Labute approximate surface area is 131 Å². The average molecular weight is 329 g/mol. The highest BCUT2D eigenvalue weighted by atomic mass is 32.2. The van der Waals surface area contributed by atoms with Crippen LogP contribution < -0.4 is 0 Å². The molecular weight excluding hydrogens is 304 g/mol. The van der Waals surface area contributed by atoms with Crippen molar-refractivity contribution in [1.29, 1.82) is 0 Å². The van der Waals surface area contributed by atoms with Gasteiger partial charge in [-0.05, 0) is 58.2 Å². The smallest absolute Gasteiger partial charge is 0.244 e. The molecule has 118 valence electrons. The van der Waals surface area contributed by atoms with Crippen LogP contribution in [0.2, 0.25) is 0 Å². The van der Waals surface area contributed by atoms with Crippen LogP contribution >= 0.6 is 11.3 Å². The lowest BCUT2D eigenvalue weighted by atomic mass is 9.80. The Balaban J connectivity index is 1.87. The molecule has 0 amide bonds. The number of hydrogen-bond donors (Lipinski definition) is 0. The van der Waals surface area contributed by atoms with E-state index in [2.05, 4.69) is 11.9 Å². The third-order valence-electron chi connectivity index (χ3n) is 4.87. The molecule has 21 heavy (non-hydrogen) atoms. The van der Waals surface area contributed by atoms with Crippen LogP contribution in [0.3, 0.4) is 0 Å². The molecule has 0 aliphatic carbocycles. The predicted molar refractivity (Wildman–Crippen MR) is 86.3 cm³/mol. The summed E-state index contributed by atoms with van der Waals surface area (Å²) in [6.45, 7) is 7.36. The van der Waals surface area contributed by atoms with Crippen molar-refractivity contribution >= 4 is 21.4 Å². The van der Waals surface area contributed by atoms with Crippen molar-refractivity contribution in [1.82, 2.24) is 9.21 Å². The van der Waals surface area contributed by atoms with E-state index in [1.54, 1.807) is 15.6 Å². The van der Waals surface area contributed by atoms with E-state index in [9.17, 15) is 8.42 Å². The van der Waals surface area contributed by atoms with Crippen molar-refractivity contribution in [3.63, 3.8) is 0 Å². The zero-order chi connectivity index (χ0) is 15.3. The number of aryl methyl sites for hydroxylation is 2. The molecule has 1 aromatic rings. The molecule has 3 heterocycles. The maximum Gasteiger partial charge on any atom is 0.244 e. The highest BCUT2D eigenvalue weighted by Crippen LogP contribution is 2.40. The van der Waals surface area contributed by atoms with Gasteiger partial charge in [-0.25, -0.2) is 8.42 Å². The van der Waals surface area contributed by atoms with Gasteiger partial charge in [-0.1, -0.05) is 0 Å². The van der Waals surface area contributed by atoms with Gasteiger partial charge in [0.2, 0.25) is 10.0 Å². The van der Waals surface area contributed by atoms with Crippen LogP contribution in [0.4, 0.5) is 0 Å². The van der Waals surface area contributed by atoms with Gasteiger partial charge in [-0.3, -0.25) is 0 Å². The molecule has 2 saturated heterocycles. The monoisotopic (exact) mass is 328 g/mol. The van der Waals surface area contributed by atoms with Crippen LogP contribution in [0.1, 0.15) is 29.0 Å². The minimum Gasteiger partial charge on any atom is -0.306 e. The average Bonchev–Trinajstić information content (AvgIpc) is 2.93. The highest BCUT2D eigenvalue weighted by molar-refractivity contribution is 7.89. The van der Waals surface area contributed by atoms with Crippen LogP contribution in [-0.2, 0) is 10.0 Å². The van der Waals surface area contributed by atoms with Crippen molar-refractivity contribution in [2.75, 3.05) is 33.2 Å². The summed E-state index contributed by atoms with van der Waals surface area (Å²) >= 11 is 1.57. The van der Waals surface area contributed by atoms with Gasteiger partial charge in [-0.2, -0.15) is 4.31 Å². The van der Waals surface area contributed by atoms with Crippen molar-refractivity contribution in [3.05, 3.63) is 15.8 Å². The van der Waals surface area contributed by atoms with Gasteiger partial charge in [0, 0.05) is 29.4 Å². The van der Waals surface area contributed by atoms with Crippen LogP contribution in [-0.4, -0.2) is 50.8 Å². The van der Waals surface area contributed by atoms with E-state index in [1.165, 1.54) is 0 Å². The summed E-state index contributed by atoms with van der Waals surface area (Å²) in [6.07, 6.45) is 3.26. The molecule has 6 heteroatoms. The fourth-order valence-corrected chi connectivity index (χ4v) is 6.98. The first-order valence-electron chi connectivity index (χ1n) is 7.58. The summed E-state index contributed by atoms with van der Waals surface area (Å²) in [5, 5.41) is 0. The Morgan fingerprint density at radius 1 is 1.19 bits per heavy atom. The lowest BCUT2D eigenvalue weighted by molar-refractivity contribution is 0.153. The second-order valence-corrected chi connectivity index (χ2v) is 10.1. The Morgan fingerprint density at radius 3 is 2.52 bits per heavy atom. The van der Waals surface area contributed by atoms with Crippen molar-refractivity contribution in [2.24, 2.45) is 5.41 Å². The van der Waals surface area contributed by atoms with E-state index in [0.29, 0.717) is 18.0 Å². The highest BCUT2D eigenvalue weighted by Gasteiger charge is 2.43. The van der Waals surface area contributed by atoms with E-state index in [1.807, 2.05) is 19.9 Å². The van der Waals surface area contributed by atoms with Crippen molar-refractivity contribution < 1.29 is 8.42 Å². The van der Waals surface area contributed by atoms with Crippen LogP contribution in [0.25, 0.3) is 0 Å². The first-order chi connectivity index (χ1) is 9.82. The Bertz CT molecular complexity index is 634. The van der Waals surface area contributed by atoms with Gasteiger partial charge in [0.15, 0.2) is 0 Å². The largest absolute Gasteiger partial charge is 0.306 e. The molecule has 2 fully saturated rings. The lowest BCUT2D eigenvalue weighted by Crippen LogP contribution is -2.47. The summed E-state index contributed by atoms with van der Waals surface area (Å²) in [6, 6.07) is 1.83. The molecule has 0 saturated carbocycles. The number of nitrogens with zero attached hydrogens (tertiary/aromatic N) is 2. The first kappa shape index (κ1) is 15.5. The molecule has 4 nitrogen and oxygen atoms in total. The summed E-state index contributed by atoms with van der Waals surface area (Å²) in [4.78, 5) is 4.83. The Morgan fingerprint density at radius 2 is 1.95 bits per heavy atom. The molecule has 1 unspecified atom stereocenters. The molecule has 1 atom stereocenters. The second-order valence-electron chi connectivity index (χ2n) is 6.71. The molecule has 1 spiro atoms. The third-order valence-corrected chi connectivity index (χ3v) is 7.94. The fraction of sp³-hybridized carbons (Fsp3) is 0.733. The second kappa shape index (κ2) is 5.33. The standard InChI is InChI=1S/C15H24N2O2S2/c1-12-9-14(13(2)20-12)21(18,19)17-7-4-5-15(11-17)6-8-16(3)10-15/h9H,4-8,10-11H2,1-3H3. The summed E-state index contributed by atoms with van der Waals surface area (Å²) in [5.41, 5.74) is 0.180. The Hall–Kier alpha value is -0.430. The number of likely N-dealkylation sites (tertiary alicyclic amines) is 1. The van der Waals surface area contributed by atoms with E-state index in [0.717, 1.165) is 42.1 Å². The maximum atomic E-state index is 13.0. The molecular formula is C15H24N2O2S2. The topological polar surface area (TPSA) is 40.6 Å². The minimum absolute atomic E-state index is 0.180. The molecule has 0 bridgehead atoms. The summed E-state index contributed by atoms with van der Waals surface area (Å²) < 4.78 is 27.7. The van der Waals surface area contributed by atoms with Gasteiger partial charge in [0.1, 0.15) is 0 Å². The molecule has 0 N–H and O–H groups in total. The number of rotatable bonds is 2. The van der Waals surface area contributed by atoms with Crippen molar-refractivity contribution in [2.45, 2.75) is 38.0 Å². The number of sulfonamides is 1. The molecule has 0 radical (unpaired) electrons. The maximum absolute atomic E-state index is 13.0. The Kier molecular flexibility index (Phi) is 3.93. The molecule has 2 aliphatic heterocycles. The third kappa shape index (κ3) is 2.79. The van der Waals surface area contributed by atoms with Gasteiger partial charge < -0.3 is 4.90 Å². The molecule has 0 aromatic carbocycles. The lowest BCUT2D eigenvalue weighted by Gasteiger charge is -2.39. The number of hydrogen-bond acceptors (Lipinski definition) is 4. The van der Waals surface area contributed by atoms with Gasteiger partial charge >= 0.3 is 0 Å². The normalized spacial score (nSPS) is 28.5. The minimum atomic E-state index is -3.33. The predicted octanol–water partition coefficient (Wildman–Crippen LogP) is 2.47. The van der Waals surface area contributed by atoms with Gasteiger partial charge in [0.05, 0.1) is 4.90 Å². The SMILES string of the molecule is Cc1cc(S(=O)(=O)N2CCCC3(CCN(C)C3)C2)c(C)s1. The molecule has 3 rings (SSSR count). The first-order valence-corrected chi connectivity index (χ1v) is 9.84. The summed E-state index contributed by atoms with van der Waals surface area (Å²) in [5.74, 6) is 0. The quantitative estimate of drug-likeness (QED) is 0.837. The van der Waals surface area contributed by atoms with Gasteiger partial charge in [0.25, 0.3) is 0 Å². The zero-order valence-corrected chi connectivity index (χ0v) is 14.7. The fourth-order valence-electron chi connectivity index (χ4n) is 3.86. The van der Waals surface area contributed by atoms with Crippen LogP contribution in [0, 0.1) is 19.3 Å². The molecule has 1 aromatic heterocycles. The molecule has 2 aliphatic rings. The van der Waals surface area contributed by atoms with Gasteiger partial charge in [-0.15, -0.1) is 11.3 Å². The zero-order valence-electron chi connectivity index (χ0n) is 13.1. The van der Waals surface area contributed by atoms with Crippen LogP contribution in [0.5, 0.6) is 0 Å². The van der Waals surface area contributed by atoms with E-state index in [-0.39, 0.29) is 5.41 Å². The van der Waals surface area contributed by atoms with Crippen molar-refractivity contribution in [3.8, 4) is 0 Å². The van der Waals surface area contributed by atoms with E-state index >= 15 is 0 Å². The number of piperidine rings is 1. The number of thiophene rings is 1. The van der Waals surface area contributed by atoms with E-state index < -0.39 is 10.0 Å². The van der Waals surface area contributed by atoms with E-state index in [4.69, 9.17) is 0 Å². The van der Waals surface area contributed by atoms with Crippen LogP contribution in [0.15, 0.2) is 11.0 Å².